The summed E-state index contributed by atoms with van der Waals surface area (Å²) in [6, 6.07) is 9.42. The number of aliphatic carboxylic acids is 1. The summed E-state index contributed by atoms with van der Waals surface area (Å²) in [6.07, 6.45) is -1.93. The molecule has 2 amide bonds. The van der Waals surface area contributed by atoms with Gasteiger partial charge in [0.25, 0.3) is 5.91 Å². The third-order valence-corrected chi connectivity index (χ3v) is 7.44. The van der Waals surface area contributed by atoms with Crippen LogP contribution in [0.15, 0.2) is 41.4 Å². The highest BCUT2D eigenvalue weighted by atomic mass is 32.2. The van der Waals surface area contributed by atoms with Gasteiger partial charge in [0, 0.05) is 36.4 Å². The number of hydrogen-bond acceptors (Lipinski definition) is 11. The lowest BCUT2D eigenvalue weighted by Gasteiger charge is -2.35. The highest BCUT2D eigenvalue weighted by Gasteiger charge is 2.31. The zero-order valence-electron chi connectivity index (χ0n) is 23.2. The van der Waals surface area contributed by atoms with Crippen LogP contribution in [0.3, 0.4) is 0 Å². The van der Waals surface area contributed by atoms with Crippen LogP contribution in [0.4, 0.5) is 4.79 Å². The molecule has 0 spiro atoms. The Morgan fingerprint density at radius 2 is 1.76 bits per heavy atom. The van der Waals surface area contributed by atoms with Crippen molar-refractivity contribution in [1.29, 1.82) is 0 Å². The summed E-state index contributed by atoms with van der Waals surface area (Å²) >= 11 is 1.28. The minimum atomic E-state index is -1.13. The van der Waals surface area contributed by atoms with Crippen molar-refractivity contribution in [2.45, 2.75) is 56.0 Å². The van der Waals surface area contributed by atoms with Crippen molar-refractivity contribution in [2.24, 2.45) is 0 Å². The van der Waals surface area contributed by atoms with Crippen LogP contribution in [0.2, 0.25) is 0 Å². The molecule has 0 saturated carbocycles. The number of aliphatic hydroxyl groups excluding tert-OH is 1. The SMILES string of the molecule is CCOC(=O)ON1CCN(C(=O)C(CCC(=O)O)NC(=O)c2cc(S[C@@H](C)C(C)O)nc(-c3ccccc3)n2)CC1. The van der Waals surface area contributed by atoms with E-state index in [-0.39, 0.29) is 56.6 Å². The standard InChI is InChI=1S/C27H35N5O8S/c1-4-39-27(38)40-32-14-12-31(13-15-32)26(37)20(10-11-23(34)35)29-25(36)21-16-22(41-18(3)17(2)33)30-24(28-21)19-8-6-5-7-9-19/h5-9,16-18,20,33H,4,10-15H2,1-3H3,(H,29,36)(H,34,35)/t17?,18-,20?/m0/s1. The Morgan fingerprint density at radius 3 is 2.37 bits per heavy atom. The molecule has 0 bridgehead atoms. The van der Waals surface area contributed by atoms with Crippen molar-refractivity contribution >= 4 is 35.7 Å². The summed E-state index contributed by atoms with van der Waals surface area (Å²) in [7, 11) is 0. The number of rotatable bonds is 12. The fourth-order valence-corrected chi connectivity index (χ4v) is 4.73. The van der Waals surface area contributed by atoms with Crippen molar-refractivity contribution < 1.29 is 39.0 Å². The van der Waals surface area contributed by atoms with E-state index in [0.717, 1.165) is 0 Å². The molecule has 1 aromatic carbocycles. The molecule has 1 aromatic heterocycles. The second-order valence-electron chi connectivity index (χ2n) is 9.33. The van der Waals surface area contributed by atoms with E-state index in [1.165, 1.54) is 27.8 Å². The van der Waals surface area contributed by atoms with Crippen molar-refractivity contribution in [3.63, 3.8) is 0 Å². The van der Waals surface area contributed by atoms with Gasteiger partial charge in [-0.25, -0.2) is 14.8 Å². The Hall–Kier alpha value is -3.75. The first-order valence-corrected chi connectivity index (χ1v) is 14.2. The van der Waals surface area contributed by atoms with Gasteiger partial charge in [-0.2, -0.15) is 0 Å². The molecule has 1 fully saturated rings. The number of piperazine rings is 1. The molecule has 41 heavy (non-hydrogen) atoms. The van der Waals surface area contributed by atoms with Gasteiger partial charge >= 0.3 is 12.1 Å². The van der Waals surface area contributed by atoms with Crippen LogP contribution in [0.5, 0.6) is 0 Å². The molecule has 14 heteroatoms. The topological polar surface area (TPSA) is 171 Å². The first kappa shape index (κ1) is 31.8. The minimum absolute atomic E-state index is 0.0000678. The summed E-state index contributed by atoms with van der Waals surface area (Å²) in [5, 5.41) is 23.5. The third kappa shape index (κ3) is 9.69. The molecule has 3 N–H and O–H groups in total. The lowest BCUT2D eigenvalue weighted by Crippen LogP contribution is -2.55. The predicted octanol–water partition coefficient (Wildman–Crippen LogP) is 2.20. The summed E-state index contributed by atoms with van der Waals surface area (Å²) in [5.41, 5.74) is 0.676. The Labute approximate surface area is 242 Å². The molecule has 1 saturated heterocycles. The molecule has 222 valence electrons. The van der Waals surface area contributed by atoms with Crippen LogP contribution in [-0.2, 0) is 19.2 Å². The molecule has 1 aliphatic rings. The molecule has 1 aliphatic heterocycles. The molecule has 2 heterocycles. The lowest BCUT2D eigenvalue weighted by molar-refractivity contribution is -0.157. The minimum Gasteiger partial charge on any atom is -0.481 e. The molecular weight excluding hydrogens is 554 g/mol. The summed E-state index contributed by atoms with van der Waals surface area (Å²) in [6.45, 7) is 6.15. The molecular formula is C27H35N5O8S. The molecule has 0 aliphatic carbocycles. The second-order valence-corrected chi connectivity index (χ2v) is 10.7. The number of benzene rings is 1. The van der Waals surface area contributed by atoms with E-state index in [1.807, 2.05) is 25.1 Å². The van der Waals surface area contributed by atoms with Crippen LogP contribution in [-0.4, -0.2) is 104 Å². The van der Waals surface area contributed by atoms with Crippen molar-refractivity contribution in [1.82, 2.24) is 25.2 Å². The molecule has 2 aromatic rings. The first-order chi connectivity index (χ1) is 19.6. The molecule has 13 nitrogen and oxygen atoms in total. The fraction of sp³-hybridized carbons (Fsp3) is 0.481. The second kappa shape index (κ2) is 15.3. The summed E-state index contributed by atoms with van der Waals surface area (Å²) < 4.78 is 4.76. The quantitative estimate of drug-likeness (QED) is 0.188. The van der Waals surface area contributed by atoms with E-state index in [9.17, 15) is 29.4 Å². The van der Waals surface area contributed by atoms with E-state index < -0.39 is 36.1 Å². The zero-order valence-corrected chi connectivity index (χ0v) is 24.0. The maximum Gasteiger partial charge on any atom is 0.527 e. The number of aliphatic hydroxyl groups is 1. The van der Waals surface area contributed by atoms with Gasteiger partial charge in [-0.1, -0.05) is 37.3 Å². The van der Waals surface area contributed by atoms with E-state index in [0.29, 0.717) is 16.4 Å². The number of nitrogens with one attached hydrogen (secondary N) is 1. The smallest absolute Gasteiger partial charge is 0.481 e. The highest BCUT2D eigenvalue weighted by molar-refractivity contribution is 7.99. The third-order valence-electron chi connectivity index (χ3n) is 6.22. The number of carbonyl (C=O) groups excluding carboxylic acids is 3. The number of carbonyl (C=O) groups is 4. The Balaban J connectivity index is 1.79. The summed E-state index contributed by atoms with van der Waals surface area (Å²) in [4.78, 5) is 65.2. The van der Waals surface area contributed by atoms with Gasteiger partial charge in [0.05, 0.1) is 25.8 Å². The van der Waals surface area contributed by atoms with Gasteiger partial charge in [-0.3, -0.25) is 14.4 Å². The number of nitrogens with zero attached hydrogens (tertiary/aromatic N) is 4. The van der Waals surface area contributed by atoms with E-state index in [4.69, 9.17) is 9.57 Å². The number of carboxylic acid groups (broad SMARTS) is 1. The maximum absolute atomic E-state index is 13.4. The molecule has 0 radical (unpaired) electrons. The van der Waals surface area contributed by atoms with Crippen LogP contribution in [0, 0.1) is 0 Å². The number of hydrogen-bond donors (Lipinski definition) is 3. The van der Waals surface area contributed by atoms with E-state index in [2.05, 4.69) is 15.3 Å². The number of amides is 2. The lowest BCUT2D eigenvalue weighted by atomic mass is 10.1. The number of aromatic nitrogens is 2. The average Bonchev–Trinajstić information content (AvgIpc) is 2.95. The molecule has 3 atom stereocenters. The monoisotopic (exact) mass is 589 g/mol. The predicted molar refractivity (Wildman–Crippen MR) is 149 cm³/mol. The van der Waals surface area contributed by atoms with Gasteiger partial charge in [-0.05, 0) is 20.3 Å². The van der Waals surface area contributed by atoms with Crippen LogP contribution in [0.25, 0.3) is 11.4 Å². The number of thioether (sulfide) groups is 1. The van der Waals surface area contributed by atoms with E-state index >= 15 is 0 Å². The number of ether oxygens (including phenoxy) is 1. The van der Waals surface area contributed by atoms with Crippen molar-refractivity contribution in [3.05, 3.63) is 42.1 Å². The van der Waals surface area contributed by atoms with Gasteiger partial charge in [0.15, 0.2) is 5.82 Å². The van der Waals surface area contributed by atoms with E-state index in [1.54, 1.807) is 26.0 Å². The largest absolute Gasteiger partial charge is 0.527 e. The van der Waals surface area contributed by atoms with Gasteiger partial charge in [0.2, 0.25) is 5.91 Å². The maximum atomic E-state index is 13.4. The fourth-order valence-electron chi connectivity index (χ4n) is 3.83. The molecule has 2 unspecified atom stereocenters. The van der Waals surface area contributed by atoms with Gasteiger partial charge < -0.3 is 30.0 Å². The Bertz CT molecular complexity index is 1210. The van der Waals surface area contributed by atoms with Crippen molar-refractivity contribution in [2.75, 3.05) is 32.8 Å². The normalized spacial score (nSPS) is 15.9. The van der Waals surface area contributed by atoms with Crippen LogP contribution < -0.4 is 5.32 Å². The number of hydroxylamine groups is 2. The zero-order chi connectivity index (χ0) is 29.9. The highest BCUT2D eigenvalue weighted by Crippen LogP contribution is 2.26. The van der Waals surface area contributed by atoms with Crippen LogP contribution in [0.1, 0.15) is 44.1 Å². The average molecular weight is 590 g/mol. The number of carboxylic acids is 1. The molecule has 3 rings (SSSR count). The van der Waals surface area contributed by atoms with Crippen molar-refractivity contribution in [3.8, 4) is 11.4 Å². The first-order valence-electron chi connectivity index (χ1n) is 13.3. The van der Waals surface area contributed by atoms with Gasteiger partial charge in [-0.15, -0.1) is 16.8 Å². The van der Waals surface area contributed by atoms with Gasteiger partial charge in [0.1, 0.15) is 16.8 Å². The van der Waals surface area contributed by atoms with Crippen LogP contribution >= 0.6 is 11.8 Å². The Kier molecular flexibility index (Phi) is 11.9. The summed E-state index contributed by atoms with van der Waals surface area (Å²) in [5.74, 6) is -1.93. The Morgan fingerprint density at radius 1 is 1.07 bits per heavy atom.